The molecule has 0 fully saturated rings. The minimum Gasteiger partial charge on any atom is -0.497 e. The van der Waals surface area contributed by atoms with E-state index >= 15 is 0 Å². The standard InChI is InChI=1S/C16H27NO4/c1-16(2,3)17-9-12-8-14(20-5)6-7-15(12)21-11-13(18)10-19-4/h6-8,13,17-18H,9-11H2,1-5H3. The van der Waals surface area contributed by atoms with Gasteiger partial charge in [0.2, 0.25) is 0 Å². The molecule has 21 heavy (non-hydrogen) atoms. The zero-order valence-corrected chi connectivity index (χ0v) is 13.6. The Labute approximate surface area is 127 Å². The Bertz CT molecular complexity index is 429. The van der Waals surface area contributed by atoms with E-state index in [4.69, 9.17) is 14.2 Å². The van der Waals surface area contributed by atoms with Crippen molar-refractivity contribution in [2.45, 2.75) is 39.0 Å². The van der Waals surface area contributed by atoms with Gasteiger partial charge in [0.1, 0.15) is 24.2 Å². The van der Waals surface area contributed by atoms with E-state index in [9.17, 15) is 5.11 Å². The summed E-state index contributed by atoms with van der Waals surface area (Å²) in [4.78, 5) is 0. The van der Waals surface area contributed by atoms with Gasteiger partial charge in [0.05, 0.1) is 13.7 Å². The Balaban J connectivity index is 2.76. The molecule has 0 spiro atoms. The van der Waals surface area contributed by atoms with Crippen molar-refractivity contribution in [1.29, 1.82) is 0 Å². The molecule has 0 radical (unpaired) electrons. The average molecular weight is 297 g/mol. The van der Waals surface area contributed by atoms with E-state index in [-0.39, 0.29) is 18.8 Å². The zero-order chi connectivity index (χ0) is 15.9. The van der Waals surface area contributed by atoms with Gasteiger partial charge in [-0.15, -0.1) is 0 Å². The van der Waals surface area contributed by atoms with E-state index in [0.717, 1.165) is 17.1 Å². The molecule has 0 saturated heterocycles. The van der Waals surface area contributed by atoms with Gasteiger partial charge in [-0.1, -0.05) is 0 Å². The van der Waals surface area contributed by atoms with Crippen molar-refractivity contribution < 1.29 is 19.3 Å². The fourth-order valence-electron chi connectivity index (χ4n) is 1.75. The monoisotopic (exact) mass is 297 g/mol. The average Bonchev–Trinajstić information content (AvgIpc) is 2.42. The molecular weight excluding hydrogens is 270 g/mol. The van der Waals surface area contributed by atoms with Crippen molar-refractivity contribution >= 4 is 0 Å². The predicted molar refractivity (Wildman–Crippen MR) is 83.0 cm³/mol. The third kappa shape index (κ3) is 6.80. The van der Waals surface area contributed by atoms with Crippen LogP contribution in [0.25, 0.3) is 0 Å². The summed E-state index contributed by atoms with van der Waals surface area (Å²) in [5.74, 6) is 1.52. The Morgan fingerprint density at radius 3 is 2.48 bits per heavy atom. The minimum atomic E-state index is -0.638. The number of methoxy groups -OCH3 is 2. The van der Waals surface area contributed by atoms with Crippen molar-refractivity contribution in [3.63, 3.8) is 0 Å². The van der Waals surface area contributed by atoms with Crippen molar-refractivity contribution in [2.75, 3.05) is 27.4 Å². The number of benzene rings is 1. The maximum absolute atomic E-state index is 9.67. The molecule has 1 unspecified atom stereocenters. The number of aliphatic hydroxyl groups is 1. The number of hydrogen-bond donors (Lipinski definition) is 2. The quantitative estimate of drug-likeness (QED) is 0.768. The molecule has 120 valence electrons. The Morgan fingerprint density at radius 2 is 1.90 bits per heavy atom. The van der Waals surface area contributed by atoms with Gasteiger partial charge in [-0.3, -0.25) is 0 Å². The lowest BCUT2D eigenvalue weighted by atomic mass is 10.1. The lowest BCUT2D eigenvalue weighted by Gasteiger charge is -2.22. The summed E-state index contributed by atoms with van der Waals surface area (Å²) in [5, 5.41) is 13.1. The van der Waals surface area contributed by atoms with Crippen LogP contribution in [0.5, 0.6) is 11.5 Å². The van der Waals surface area contributed by atoms with Crippen molar-refractivity contribution in [3.8, 4) is 11.5 Å². The summed E-state index contributed by atoms with van der Waals surface area (Å²) in [6.45, 7) is 7.44. The van der Waals surface area contributed by atoms with Crippen molar-refractivity contribution in [1.82, 2.24) is 5.32 Å². The first kappa shape index (κ1) is 17.8. The smallest absolute Gasteiger partial charge is 0.124 e. The van der Waals surface area contributed by atoms with Crippen LogP contribution in [0.15, 0.2) is 18.2 Å². The first-order valence-corrected chi connectivity index (χ1v) is 7.07. The molecule has 0 saturated carbocycles. The van der Waals surface area contributed by atoms with Gasteiger partial charge in [0, 0.05) is 24.8 Å². The number of aliphatic hydroxyl groups excluding tert-OH is 1. The van der Waals surface area contributed by atoms with E-state index in [1.807, 2.05) is 18.2 Å². The first-order valence-electron chi connectivity index (χ1n) is 7.07. The highest BCUT2D eigenvalue weighted by molar-refractivity contribution is 5.40. The summed E-state index contributed by atoms with van der Waals surface area (Å²) in [5.41, 5.74) is 1.00. The largest absolute Gasteiger partial charge is 0.497 e. The molecule has 0 amide bonds. The van der Waals surface area contributed by atoms with Gasteiger partial charge in [-0.05, 0) is 39.0 Å². The SMILES string of the molecule is COCC(O)COc1ccc(OC)cc1CNC(C)(C)C. The fourth-order valence-corrected chi connectivity index (χ4v) is 1.75. The zero-order valence-electron chi connectivity index (χ0n) is 13.6. The second-order valence-electron chi connectivity index (χ2n) is 6.00. The Hall–Kier alpha value is -1.30. The molecule has 0 aliphatic heterocycles. The minimum absolute atomic E-state index is 0.00983. The van der Waals surface area contributed by atoms with Gasteiger partial charge >= 0.3 is 0 Å². The lowest BCUT2D eigenvalue weighted by molar-refractivity contribution is 0.0322. The maximum Gasteiger partial charge on any atom is 0.124 e. The van der Waals surface area contributed by atoms with Crippen LogP contribution < -0.4 is 14.8 Å². The van der Waals surface area contributed by atoms with Crippen LogP contribution in [0, 0.1) is 0 Å². The van der Waals surface area contributed by atoms with Crippen molar-refractivity contribution in [2.24, 2.45) is 0 Å². The van der Waals surface area contributed by atoms with E-state index in [0.29, 0.717) is 6.54 Å². The van der Waals surface area contributed by atoms with Gasteiger partial charge in [0.15, 0.2) is 0 Å². The van der Waals surface area contributed by atoms with Gasteiger partial charge in [0.25, 0.3) is 0 Å². The second kappa shape index (κ2) is 8.22. The number of hydrogen-bond acceptors (Lipinski definition) is 5. The number of nitrogens with one attached hydrogen (secondary N) is 1. The molecule has 2 N–H and O–H groups in total. The highest BCUT2D eigenvalue weighted by Crippen LogP contribution is 2.25. The van der Waals surface area contributed by atoms with Gasteiger partial charge in [-0.25, -0.2) is 0 Å². The van der Waals surface area contributed by atoms with E-state index in [2.05, 4.69) is 26.1 Å². The molecule has 1 atom stereocenters. The second-order valence-corrected chi connectivity index (χ2v) is 6.00. The predicted octanol–water partition coefficient (Wildman–Crippen LogP) is 1.97. The van der Waals surface area contributed by atoms with Crippen LogP contribution in [-0.2, 0) is 11.3 Å². The molecule has 5 nitrogen and oxygen atoms in total. The normalized spacial score (nSPS) is 13.0. The van der Waals surface area contributed by atoms with Crippen LogP contribution in [0.3, 0.4) is 0 Å². The maximum atomic E-state index is 9.67. The van der Waals surface area contributed by atoms with Gasteiger partial charge < -0.3 is 24.6 Å². The highest BCUT2D eigenvalue weighted by Gasteiger charge is 2.13. The molecule has 0 aromatic heterocycles. The number of rotatable bonds is 8. The molecule has 0 bridgehead atoms. The summed E-state index contributed by atoms with van der Waals surface area (Å²) in [6.07, 6.45) is -0.638. The summed E-state index contributed by atoms with van der Waals surface area (Å²) in [7, 11) is 3.19. The lowest BCUT2D eigenvalue weighted by Crippen LogP contribution is -2.35. The Morgan fingerprint density at radius 1 is 1.19 bits per heavy atom. The topological polar surface area (TPSA) is 60.0 Å². The molecular formula is C16H27NO4. The number of ether oxygens (including phenoxy) is 3. The first-order chi connectivity index (χ1) is 9.85. The highest BCUT2D eigenvalue weighted by atomic mass is 16.5. The molecule has 1 rings (SSSR count). The third-order valence-corrected chi connectivity index (χ3v) is 2.87. The molecule has 0 heterocycles. The van der Waals surface area contributed by atoms with E-state index in [1.165, 1.54) is 0 Å². The molecule has 1 aromatic rings. The van der Waals surface area contributed by atoms with Crippen LogP contribution in [0.2, 0.25) is 0 Å². The molecule has 0 aliphatic rings. The molecule has 1 aromatic carbocycles. The van der Waals surface area contributed by atoms with E-state index < -0.39 is 6.10 Å². The summed E-state index contributed by atoms with van der Waals surface area (Å²) < 4.78 is 15.8. The van der Waals surface area contributed by atoms with Crippen LogP contribution in [0.4, 0.5) is 0 Å². The third-order valence-electron chi connectivity index (χ3n) is 2.87. The molecule has 5 heteroatoms. The summed E-state index contributed by atoms with van der Waals surface area (Å²) >= 11 is 0. The van der Waals surface area contributed by atoms with Crippen LogP contribution in [-0.4, -0.2) is 44.2 Å². The Kier molecular flexibility index (Phi) is 6.95. The van der Waals surface area contributed by atoms with Gasteiger partial charge in [-0.2, -0.15) is 0 Å². The molecule has 0 aliphatic carbocycles. The van der Waals surface area contributed by atoms with Crippen LogP contribution in [0.1, 0.15) is 26.3 Å². The van der Waals surface area contributed by atoms with E-state index in [1.54, 1.807) is 14.2 Å². The summed E-state index contributed by atoms with van der Waals surface area (Å²) in [6, 6.07) is 5.65. The van der Waals surface area contributed by atoms with Crippen molar-refractivity contribution in [3.05, 3.63) is 23.8 Å². The van der Waals surface area contributed by atoms with Crippen LogP contribution >= 0.6 is 0 Å². The fraction of sp³-hybridized carbons (Fsp3) is 0.625.